The van der Waals surface area contributed by atoms with Gasteiger partial charge in [0.2, 0.25) is 5.91 Å². The number of hydrogen-bond donors (Lipinski definition) is 1. The van der Waals surface area contributed by atoms with E-state index >= 15 is 0 Å². The van der Waals surface area contributed by atoms with E-state index in [1.807, 2.05) is 12.3 Å². The first-order chi connectivity index (χ1) is 9.56. The Morgan fingerprint density at radius 2 is 2.20 bits per heavy atom. The van der Waals surface area contributed by atoms with Gasteiger partial charge in [-0.2, -0.15) is 0 Å². The predicted molar refractivity (Wildman–Crippen MR) is 77.6 cm³/mol. The van der Waals surface area contributed by atoms with E-state index in [1.165, 1.54) is 29.6 Å². The van der Waals surface area contributed by atoms with E-state index in [0.29, 0.717) is 10.7 Å². The number of nitro benzene ring substituents is 1. The first-order valence-electron chi connectivity index (χ1n) is 5.71. The molecule has 102 valence electrons. The van der Waals surface area contributed by atoms with Crippen molar-refractivity contribution in [1.29, 1.82) is 0 Å². The van der Waals surface area contributed by atoms with Crippen molar-refractivity contribution >= 4 is 34.1 Å². The number of amides is 1. The molecule has 0 aliphatic rings. The number of para-hydroxylation sites is 1. The molecule has 1 N–H and O–H groups in total. The van der Waals surface area contributed by atoms with E-state index in [9.17, 15) is 14.9 Å². The van der Waals surface area contributed by atoms with Crippen molar-refractivity contribution in [2.24, 2.45) is 0 Å². The zero-order valence-corrected chi connectivity index (χ0v) is 11.4. The minimum atomic E-state index is -0.484. The highest BCUT2D eigenvalue weighted by Crippen LogP contribution is 2.19. The minimum absolute atomic E-state index is 0.0401. The van der Waals surface area contributed by atoms with Crippen molar-refractivity contribution in [2.45, 2.75) is 6.92 Å². The molecule has 0 saturated carbocycles. The molecule has 0 unspecified atom stereocenters. The van der Waals surface area contributed by atoms with Gasteiger partial charge in [0.15, 0.2) is 5.13 Å². The van der Waals surface area contributed by atoms with Crippen molar-refractivity contribution in [1.82, 2.24) is 4.98 Å². The number of hydrogen-bond acceptors (Lipinski definition) is 5. The van der Waals surface area contributed by atoms with Crippen molar-refractivity contribution in [2.75, 3.05) is 5.32 Å². The average Bonchev–Trinajstić information content (AvgIpc) is 2.82. The Morgan fingerprint density at radius 1 is 1.45 bits per heavy atom. The minimum Gasteiger partial charge on any atom is -0.298 e. The van der Waals surface area contributed by atoms with Gasteiger partial charge in [-0.1, -0.05) is 12.1 Å². The van der Waals surface area contributed by atoms with Crippen LogP contribution in [0.5, 0.6) is 0 Å². The second-order valence-electron chi connectivity index (χ2n) is 3.93. The number of nitrogens with one attached hydrogen (secondary N) is 1. The number of nitrogens with zero attached hydrogens (tertiary/aromatic N) is 2. The maximum absolute atomic E-state index is 11.7. The molecule has 1 aromatic heterocycles. The summed E-state index contributed by atoms with van der Waals surface area (Å²) in [4.78, 5) is 26.1. The lowest BCUT2D eigenvalue weighted by atomic mass is 10.1. The third-order valence-electron chi connectivity index (χ3n) is 2.40. The number of benzene rings is 1. The third kappa shape index (κ3) is 3.48. The van der Waals surface area contributed by atoms with Crippen LogP contribution in [0.1, 0.15) is 11.3 Å². The van der Waals surface area contributed by atoms with Crippen LogP contribution < -0.4 is 5.32 Å². The van der Waals surface area contributed by atoms with Gasteiger partial charge in [-0.05, 0) is 19.1 Å². The monoisotopic (exact) mass is 289 g/mol. The zero-order chi connectivity index (χ0) is 14.5. The summed E-state index contributed by atoms with van der Waals surface area (Å²) in [6.45, 7) is 1.83. The summed E-state index contributed by atoms with van der Waals surface area (Å²) >= 11 is 1.32. The maximum atomic E-state index is 11.7. The van der Waals surface area contributed by atoms with Crippen LogP contribution in [-0.2, 0) is 4.79 Å². The molecule has 0 aliphatic heterocycles. The fraction of sp³-hybridized carbons (Fsp3) is 0.0769. The maximum Gasteiger partial charge on any atom is 0.276 e. The molecule has 1 amide bonds. The highest BCUT2D eigenvalue weighted by atomic mass is 32.1. The summed E-state index contributed by atoms with van der Waals surface area (Å²) in [5.74, 6) is -0.377. The van der Waals surface area contributed by atoms with Crippen LogP contribution >= 0.6 is 11.3 Å². The van der Waals surface area contributed by atoms with Gasteiger partial charge in [-0.15, -0.1) is 11.3 Å². The highest BCUT2D eigenvalue weighted by Gasteiger charge is 2.10. The third-order valence-corrected chi connectivity index (χ3v) is 3.27. The summed E-state index contributed by atoms with van der Waals surface area (Å²) in [5.41, 5.74) is 1.16. The van der Waals surface area contributed by atoms with Crippen molar-refractivity contribution in [3.8, 4) is 0 Å². The second kappa shape index (κ2) is 6.07. The molecular formula is C13H11N3O3S. The quantitative estimate of drug-likeness (QED) is 0.532. The number of nitro groups is 1. The van der Waals surface area contributed by atoms with Gasteiger partial charge in [0.1, 0.15) is 0 Å². The molecule has 0 aliphatic carbocycles. The number of carbonyl (C=O) groups is 1. The molecule has 2 aromatic rings. The zero-order valence-electron chi connectivity index (χ0n) is 10.6. The van der Waals surface area contributed by atoms with Gasteiger partial charge in [-0.3, -0.25) is 20.2 Å². The van der Waals surface area contributed by atoms with Crippen LogP contribution in [0.4, 0.5) is 10.8 Å². The molecule has 1 heterocycles. The smallest absolute Gasteiger partial charge is 0.276 e. The summed E-state index contributed by atoms with van der Waals surface area (Å²) in [5, 5.41) is 15.7. The SMILES string of the molecule is Cc1csc(NC(=O)C=Cc2ccccc2[N+](=O)[O-])n1. The molecule has 0 bridgehead atoms. The highest BCUT2D eigenvalue weighted by molar-refractivity contribution is 7.13. The molecule has 0 radical (unpaired) electrons. The molecule has 7 heteroatoms. The van der Waals surface area contributed by atoms with Gasteiger partial charge in [0.25, 0.3) is 5.69 Å². The van der Waals surface area contributed by atoms with Crippen molar-refractivity contribution in [3.63, 3.8) is 0 Å². The van der Waals surface area contributed by atoms with Crippen LogP contribution in [0.25, 0.3) is 6.08 Å². The van der Waals surface area contributed by atoms with Crippen LogP contribution in [0.2, 0.25) is 0 Å². The first kappa shape index (κ1) is 13.9. The fourth-order valence-corrected chi connectivity index (χ4v) is 2.21. The summed E-state index contributed by atoms with van der Waals surface area (Å²) in [6, 6.07) is 6.22. The summed E-state index contributed by atoms with van der Waals surface area (Å²) in [6.07, 6.45) is 2.66. The molecule has 0 atom stereocenters. The molecule has 6 nitrogen and oxygen atoms in total. The van der Waals surface area contributed by atoms with E-state index in [2.05, 4.69) is 10.3 Å². The molecule has 20 heavy (non-hydrogen) atoms. The van der Waals surface area contributed by atoms with Crippen molar-refractivity contribution < 1.29 is 9.72 Å². The molecule has 0 saturated heterocycles. The van der Waals surface area contributed by atoms with Gasteiger partial charge < -0.3 is 0 Å². The Balaban J connectivity index is 2.09. The van der Waals surface area contributed by atoms with E-state index in [-0.39, 0.29) is 11.6 Å². The Hall–Kier alpha value is -2.54. The van der Waals surface area contributed by atoms with E-state index < -0.39 is 4.92 Å². The van der Waals surface area contributed by atoms with Crippen LogP contribution in [0, 0.1) is 17.0 Å². The van der Waals surface area contributed by atoms with Gasteiger partial charge in [0.05, 0.1) is 16.2 Å². The predicted octanol–water partition coefficient (Wildman–Crippen LogP) is 3.01. The van der Waals surface area contributed by atoms with Gasteiger partial charge in [-0.25, -0.2) is 4.98 Å². The molecule has 0 spiro atoms. The van der Waals surface area contributed by atoms with Crippen LogP contribution in [0.3, 0.4) is 0 Å². The van der Waals surface area contributed by atoms with Crippen LogP contribution in [-0.4, -0.2) is 15.8 Å². The van der Waals surface area contributed by atoms with Gasteiger partial charge in [0, 0.05) is 17.5 Å². The molecule has 2 rings (SSSR count). The largest absolute Gasteiger partial charge is 0.298 e. The number of carbonyl (C=O) groups excluding carboxylic acids is 1. The number of anilines is 1. The van der Waals surface area contributed by atoms with Crippen molar-refractivity contribution in [3.05, 3.63) is 57.1 Å². The Bertz CT molecular complexity index is 679. The van der Waals surface area contributed by atoms with Crippen LogP contribution in [0.15, 0.2) is 35.7 Å². The molecule has 0 fully saturated rings. The topological polar surface area (TPSA) is 85.1 Å². The lowest BCUT2D eigenvalue weighted by molar-refractivity contribution is -0.385. The Labute approximate surface area is 118 Å². The van der Waals surface area contributed by atoms with E-state index in [0.717, 1.165) is 5.69 Å². The normalized spacial score (nSPS) is 10.7. The lowest BCUT2D eigenvalue weighted by Crippen LogP contribution is -2.07. The first-order valence-corrected chi connectivity index (χ1v) is 6.59. The van der Waals surface area contributed by atoms with E-state index in [1.54, 1.807) is 18.2 Å². The standard InChI is InChI=1S/C13H11N3O3S/c1-9-8-20-13(14-9)15-12(17)7-6-10-4-2-3-5-11(10)16(18)19/h2-8H,1H3,(H,14,15,17). The number of aromatic nitrogens is 1. The number of thiazole rings is 1. The fourth-order valence-electron chi connectivity index (χ4n) is 1.52. The van der Waals surface area contributed by atoms with Gasteiger partial charge >= 0.3 is 0 Å². The Kier molecular flexibility index (Phi) is 4.21. The molecule has 1 aromatic carbocycles. The summed E-state index contributed by atoms with van der Waals surface area (Å²) in [7, 11) is 0. The Morgan fingerprint density at radius 3 is 2.85 bits per heavy atom. The average molecular weight is 289 g/mol. The number of aryl methyl sites for hydroxylation is 1. The number of rotatable bonds is 4. The van der Waals surface area contributed by atoms with E-state index in [4.69, 9.17) is 0 Å². The second-order valence-corrected chi connectivity index (χ2v) is 4.79. The summed E-state index contributed by atoms with van der Waals surface area (Å²) < 4.78 is 0. The molecular weight excluding hydrogens is 278 g/mol. The lowest BCUT2D eigenvalue weighted by Gasteiger charge is -1.97.